The van der Waals surface area contributed by atoms with E-state index in [1.165, 1.54) is 12.1 Å². The number of aliphatic hydroxyl groups excluding tert-OH is 1. The summed E-state index contributed by atoms with van der Waals surface area (Å²) < 4.78 is 0. The molecule has 2 aliphatic heterocycles. The molecule has 2 fully saturated rings. The van der Waals surface area contributed by atoms with Gasteiger partial charge in [0.1, 0.15) is 24.1 Å². The van der Waals surface area contributed by atoms with Crippen molar-refractivity contribution in [3.63, 3.8) is 0 Å². The van der Waals surface area contributed by atoms with E-state index in [2.05, 4.69) is 16.0 Å². The quantitative estimate of drug-likeness (QED) is 0.314. The van der Waals surface area contributed by atoms with Crippen LogP contribution in [0.5, 0.6) is 5.75 Å². The first-order valence-corrected chi connectivity index (χ1v) is 14.1. The van der Waals surface area contributed by atoms with E-state index in [0.29, 0.717) is 19.4 Å². The van der Waals surface area contributed by atoms with Gasteiger partial charge in [-0.2, -0.15) is 0 Å². The van der Waals surface area contributed by atoms with E-state index < -0.39 is 42.2 Å². The fraction of sp³-hybridized carbons (Fsp3) is 0.344. The molecule has 0 radical (unpaired) electrons. The first-order valence-electron chi connectivity index (χ1n) is 14.1. The highest BCUT2D eigenvalue weighted by atomic mass is 16.3. The van der Waals surface area contributed by atoms with Crippen molar-refractivity contribution in [2.24, 2.45) is 0 Å². The fourth-order valence-electron chi connectivity index (χ4n) is 5.66. The van der Waals surface area contributed by atoms with E-state index in [1.54, 1.807) is 17.0 Å². The normalized spacial score (nSPS) is 25.4. The molecule has 41 heavy (non-hydrogen) atoms. The van der Waals surface area contributed by atoms with E-state index in [9.17, 15) is 24.6 Å². The number of rotatable bonds is 6. The first-order chi connectivity index (χ1) is 19.9. The number of hydrogen-bond donors (Lipinski definition) is 5. The predicted octanol–water partition coefficient (Wildman–Crippen LogP) is 1.67. The van der Waals surface area contributed by atoms with Crippen LogP contribution in [0.1, 0.15) is 29.5 Å². The van der Waals surface area contributed by atoms with Gasteiger partial charge in [0.25, 0.3) is 0 Å². The number of aliphatic hydroxyl groups is 1. The Hall–Kier alpha value is -4.21. The monoisotopic (exact) mass is 556 g/mol. The van der Waals surface area contributed by atoms with Gasteiger partial charge in [0, 0.05) is 19.4 Å². The van der Waals surface area contributed by atoms with Crippen LogP contribution in [0.3, 0.4) is 0 Å². The van der Waals surface area contributed by atoms with E-state index in [1.807, 2.05) is 60.7 Å². The van der Waals surface area contributed by atoms with Gasteiger partial charge in [-0.05, 0) is 48.1 Å². The van der Waals surface area contributed by atoms with E-state index in [-0.39, 0.29) is 30.9 Å². The Bertz CT molecular complexity index is 1340. The minimum absolute atomic E-state index is 0.106. The van der Waals surface area contributed by atoms with Crippen molar-refractivity contribution >= 4 is 17.7 Å². The standard InChI is InChI=1S/C32H36N4O5/c37-24-15-13-23(14-16-24)19-26-29(38)33-25(18-21-8-3-1-4-9-21)30(39)35-27(20-22-10-5-2-6-11-22)32(41)36-17-7-12-28(36)31(40)34-26/h1-6,8-11,13-16,25-28,31,34,37,40H,7,12,17-20H2,(H,33,38)(H,35,39)/t25-,26+,27+,28-,31?/m1/s1. The molecule has 0 saturated carbocycles. The smallest absolute Gasteiger partial charge is 0.245 e. The molecule has 2 heterocycles. The van der Waals surface area contributed by atoms with Gasteiger partial charge in [0.15, 0.2) is 0 Å². The number of nitrogens with one attached hydrogen (secondary N) is 3. The van der Waals surface area contributed by atoms with Gasteiger partial charge in [-0.15, -0.1) is 0 Å². The van der Waals surface area contributed by atoms with Gasteiger partial charge in [0.05, 0.1) is 12.1 Å². The highest BCUT2D eigenvalue weighted by molar-refractivity contribution is 5.94. The van der Waals surface area contributed by atoms with E-state index >= 15 is 0 Å². The van der Waals surface area contributed by atoms with Gasteiger partial charge >= 0.3 is 0 Å². The molecule has 5 atom stereocenters. The third-order valence-corrected chi connectivity index (χ3v) is 7.82. The minimum Gasteiger partial charge on any atom is -0.508 e. The van der Waals surface area contributed by atoms with Crippen LogP contribution in [0, 0.1) is 0 Å². The number of amides is 3. The van der Waals surface area contributed by atoms with Crippen molar-refractivity contribution in [1.29, 1.82) is 0 Å². The molecular formula is C32H36N4O5. The molecule has 2 saturated heterocycles. The average molecular weight is 557 g/mol. The lowest BCUT2D eigenvalue weighted by Gasteiger charge is -2.35. The Labute approximate surface area is 239 Å². The summed E-state index contributed by atoms with van der Waals surface area (Å²) in [6.45, 7) is 0.450. The van der Waals surface area contributed by atoms with Crippen molar-refractivity contribution in [2.75, 3.05) is 6.54 Å². The molecule has 214 valence electrons. The number of aromatic hydroxyl groups is 1. The molecule has 9 heteroatoms. The zero-order chi connectivity index (χ0) is 28.8. The summed E-state index contributed by atoms with van der Waals surface area (Å²) in [6, 6.07) is 22.1. The summed E-state index contributed by atoms with van der Waals surface area (Å²) >= 11 is 0. The Morgan fingerprint density at radius 2 is 1.20 bits per heavy atom. The lowest BCUT2D eigenvalue weighted by molar-refractivity contribution is -0.141. The molecule has 0 aliphatic carbocycles. The molecule has 0 spiro atoms. The van der Waals surface area contributed by atoms with Crippen molar-refractivity contribution < 1.29 is 24.6 Å². The van der Waals surface area contributed by atoms with Gasteiger partial charge < -0.3 is 25.7 Å². The third-order valence-electron chi connectivity index (χ3n) is 7.82. The molecule has 2 aliphatic rings. The second-order valence-electron chi connectivity index (χ2n) is 10.8. The number of phenols is 1. The van der Waals surface area contributed by atoms with Gasteiger partial charge in [-0.1, -0.05) is 72.8 Å². The number of carbonyl (C=O) groups is 3. The average Bonchev–Trinajstić information content (AvgIpc) is 3.48. The van der Waals surface area contributed by atoms with Crippen LogP contribution >= 0.6 is 0 Å². The SMILES string of the molecule is O=C1N[C@H](Cc2ccccc2)C(=O)N[C@@H](Cc2ccccc2)C(=O)N2CCC[C@@H]2C(O)N[C@H]1Cc1ccc(O)cc1. The van der Waals surface area contributed by atoms with Gasteiger partial charge in [0.2, 0.25) is 17.7 Å². The number of hydrogen-bond acceptors (Lipinski definition) is 6. The summed E-state index contributed by atoms with van der Waals surface area (Å²) in [5.41, 5.74) is 2.51. The topological polar surface area (TPSA) is 131 Å². The van der Waals surface area contributed by atoms with Crippen LogP contribution in [0.4, 0.5) is 0 Å². The minimum atomic E-state index is -1.16. The molecule has 5 rings (SSSR count). The molecule has 3 aromatic carbocycles. The maximum absolute atomic E-state index is 13.9. The van der Waals surface area contributed by atoms with Crippen LogP contribution in [0.15, 0.2) is 84.9 Å². The van der Waals surface area contributed by atoms with Crippen molar-refractivity contribution in [3.8, 4) is 5.75 Å². The summed E-state index contributed by atoms with van der Waals surface area (Å²) in [6.07, 6.45) is 0.830. The molecule has 5 N–H and O–H groups in total. The number of benzene rings is 3. The van der Waals surface area contributed by atoms with Crippen molar-refractivity contribution in [1.82, 2.24) is 20.9 Å². The molecule has 3 amide bonds. The summed E-state index contributed by atoms with van der Waals surface area (Å²) in [5, 5.41) is 29.9. The second-order valence-corrected chi connectivity index (χ2v) is 10.8. The number of fused-ring (bicyclic) bond motifs is 1. The lowest BCUT2D eigenvalue weighted by Crippen LogP contribution is -2.63. The van der Waals surface area contributed by atoms with Gasteiger partial charge in [-0.3, -0.25) is 19.7 Å². The van der Waals surface area contributed by atoms with Crippen LogP contribution in [0.2, 0.25) is 0 Å². The number of nitrogens with zero attached hydrogens (tertiary/aromatic N) is 1. The maximum atomic E-state index is 13.9. The molecule has 0 bridgehead atoms. The molecule has 3 aromatic rings. The van der Waals surface area contributed by atoms with Crippen molar-refractivity contribution in [3.05, 3.63) is 102 Å². The van der Waals surface area contributed by atoms with Crippen molar-refractivity contribution in [2.45, 2.75) is 62.5 Å². The Balaban J connectivity index is 1.48. The number of phenolic OH excluding ortho intramolecular Hbond substituents is 1. The third kappa shape index (κ3) is 7.11. The summed E-state index contributed by atoms with van der Waals surface area (Å²) in [4.78, 5) is 43.1. The molecular weight excluding hydrogens is 520 g/mol. The Morgan fingerprint density at radius 3 is 1.83 bits per heavy atom. The molecule has 1 unspecified atom stereocenters. The maximum Gasteiger partial charge on any atom is 0.245 e. The second kappa shape index (κ2) is 13.0. The highest BCUT2D eigenvalue weighted by Crippen LogP contribution is 2.23. The van der Waals surface area contributed by atoms with E-state index in [4.69, 9.17) is 0 Å². The highest BCUT2D eigenvalue weighted by Gasteiger charge is 2.40. The first kappa shape index (κ1) is 28.3. The zero-order valence-electron chi connectivity index (χ0n) is 22.8. The summed E-state index contributed by atoms with van der Waals surface area (Å²) in [7, 11) is 0. The van der Waals surface area contributed by atoms with Gasteiger partial charge in [-0.25, -0.2) is 0 Å². The summed E-state index contributed by atoms with van der Waals surface area (Å²) in [5.74, 6) is -1.04. The fourth-order valence-corrected chi connectivity index (χ4v) is 5.66. The van der Waals surface area contributed by atoms with Crippen LogP contribution < -0.4 is 16.0 Å². The zero-order valence-corrected chi connectivity index (χ0v) is 22.8. The van der Waals surface area contributed by atoms with Crippen LogP contribution in [-0.2, 0) is 33.6 Å². The predicted molar refractivity (Wildman–Crippen MR) is 154 cm³/mol. The molecule has 9 nitrogen and oxygen atoms in total. The van der Waals surface area contributed by atoms with Crippen LogP contribution in [-0.4, -0.2) is 69.8 Å². The number of carbonyl (C=O) groups excluding carboxylic acids is 3. The largest absolute Gasteiger partial charge is 0.508 e. The Morgan fingerprint density at radius 1 is 0.683 bits per heavy atom. The lowest BCUT2D eigenvalue weighted by atomic mass is 9.99. The Kier molecular flexibility index (Phi) is 8.96. The van der Waals surface area contributed by atoms with Crippen LogP contribution in [0.25, 0.3) is 0 Å². The molecule has 0 aromatic heterocycles. The van der Waals surface area contributed by atoms with E-state index in [0.717, 1.165) is 16.7 Å².